The van der Waals surface area contributed by atoms with E-state index in [0.29, 0.717) is 23.7 Å². The molecule has 30 heavy (non-hydrogen) atoms. The summed E-state index contributed by atoms with van der Waals surface area (Å²) in [7, 11) is -2.10. The van der Waals surface area contributed by atoms with Crippen LogP contribution in [0.4, 0.5) is 11.4 Å². The van der Waals surface area contributed by atoms with E-state index in [-0.39, 0.29) is 22.5 Å². The van der Waals surface area contributed by atoms with Crippen molar-refractivity contribution in [2.45, 2.75) is 13.0 Å². The van der Waals surface area contributed by atoms with E-state index in [1.54, 1.807) is 25.1 Å². The summed E-state index contributed by atoms with van der Waals surface area (Å²) in [5, 5.41) is 0. The fraction of sp³-hybridized carbons (Fsp3) is 0.300. The molecular weight excluding hydrogens is 410 g/mol. The van der Waals surface area contributed by atoms with Gasteiger partial charge in [0.25, 0.3) is 11.8 Å². The van der Waals surface area contributed by atoms with Crippen LogP contribution in [0.25, 0.3) is 0 Å². The molecule has 1 heterocycles. The van der Waals surface area contributed by atoms with Gasteiger partial charge in [-0.25, -0.2) is 8.42 Å². The molecular formula is C20H23N3O6S. The average Bonchev–Trinajstić information content (AvgIpc) is 2.93. The Labute approximate surface area is 174 Å². The van der Waals surface area contributed by atoms with E-state index in [2.05, 4.69) is 0 Å². The first-order valence-corrected chi connectivity index (χ1v) is 11.2. The number of imide groups is 1. The highest BCUT2D eigenvalue weighted by molar-refractivity contribution is 7.90. The molecule has 0 aromatic heterocycles. The van der Waals surface area contributed by atoms with Gasteiger partial charge in [0.05, 0.1) is 48.0 Å². The molecule has 3 rings (SSSR count). The number of nitrogens with two attached hydrogens (primary N) is 2. The van der Waals surface area contributed by atoms with Crippen molar-refractivity contribution in [3.8, 4) is 11.5 Å². The third-order valence-corrected chi connectivity index (χ3v) is 5.73. The second-order valence-electron chi connectivity index (χ2n) is 6.92. The first kappa shape index (κ1) is 21.4. The van der Waals surface area contributed by atoms with E-state index in [4.69, 9.17) is 20.9 Å². The second kappa shape index (κ2) is 7.86. The van der Waals surface area contributed by atoms with Crippen LogP contribution < -0.4 is 20.9 Å². The smallest absolute Gasteiger partial charge is 0.264 e. The largest absolute Gasteiger partial charge is 0.493 e. The molecule has 0 radical (unpaired) electrons. The van der Waals surface area contributed by atoms with E-state index in [0.717, 1.165) is 11.2 Å². The summed E-state index contributed by atoms with van der Waals surface area (Å²) in [6.45, 7) is 2.14. The molecule has 0 saturated carbocycles. The van der Waals surface area contributed by atoms with Gasteiger partial charge in [0.15, 0.2) is 11.5 Å². The molecule has 10 heteroatoms. The van der Waals surface area contributed by atoms with E-state index in [1.165, 1.54) is 19.2 Å². The van der Waals surface area contributed by atoms with Crippen molar-refractivity contribution < 1.29 is 27.5 Å². The second-order valence-corrected chi connectivity index (χ2v) is 9.11. The number of nitrogen functional groups attached to an aromatic ring is 2. The molecule has 4 N–H and O–H groups in total. The maximum absolute atomic E-state index is 13.1. The molecule has 160 valence electrons. The van der Waals surface area contributed by atoms with Gasteiger partial charge in [-0.05, 0) is 36.8 Å². The van der Waals surface area contributed by atoms with Crippen molar-refractivity contribution in [2.75, 3.05) is 37.2 Å². The Morgan fingerprint density at radius 3 is 2.37 bits per heavy atom. The third-order valence-electron chi connectivity index (χ3n) is 4.81. The van der Waals surface area contributed by atoms with E-state index < -0.39 is 33.4 Å². The number of nitrogens with zero attached hydrogens (tertiary/aromatic N) is 1. The minimum Gasteiger partial charge on any atom is -0.493 e. The van der Waals surface area contributed by atoms with Crippen molar-refractivity contribution in [2.24, 2.45) is 0 Å². The number of hydrogen-bond acceptors (Lipinski definition) is 8. The SMILES string of the molecule is CCOc1cc(C(CS(C)(=O)=O)N2C(=O)c3ccc(N)c(N)c3C2=O)ccc1OC. The number of benzene rings is 2. The number of carbonyl (C=O) groups is 2. The first-order valence-electron chi connectivity index (χ1n) is 9.13. The molecule has 0 fully saturated rings. The zero-order valence-corrected chi connectivity index (χ0v) is 17.7. The summed E-state index contributed by atoms with van der Waals surface area (Å²) in [4.78, 5) is 27.1. The van der Waals surface area contributed by atoms with Gasteiger partial charge in [-0.3, -0.25) is 14.5 Å². The fourth-order valence-electron chi connectivity index (χ4n) is 3.45. The molecule has 9 nitrogen and oxygen atoms in total. The first-order chi connectivity index (χ1) is 14.1. The van der Waals surface area contributed by atoms with Crippen molar-refractivity contribution in [3.05, 3.63) is 47.0 Å². The van der Waals surface area contributed by atoms with E-state index in [1.807, 2.05) is 0 Å². The van der Waals surface area contributed by atoms with Gasteiger partial charge in [-0.2, -0.15) is 0 Å². The average molecular weight is 433 g/mol. The lowest BCUT2D eigenvalue weighted by Crippen LogP contribution is -2.37. The molecule has 1 atom stereocenters. The van der Waals surface area contributed by atoms with E-state index in [9.17, 15) is 18.0 Å². The highest BCUT2D eigenvalue weighted by Crippen LogP contribution is 2.39. The number of sulfone groups is 1. The number of rotatable bonds is 7. The Bertz CT molecular complexity index is 1130. The van der Waals surface area contributed by atoms with Gasteiger partial charge in [0.1, 0.15) is 9.84 Å². The lowest BCUT2D eigenvalue weighted by Gasteiger charge is -2.26. The minimum atomic E-state index is -3.58. The normalized spacial score (nSPS) is 14.6. The summed E-state index contributed by atoms with van der Waals surface area (Å²) in [6, 6.07) is 6.53. The summed E-state index contributed by atoms with van der Waals surface area (Å²) >= 11 is 0. The number of fused-ring (bicyclic) bond motifs is 1. The van der Waals surface area contributed by atoms with Crippen LogP contribution in [0.2, 0.25) is 0 Å². The Balaban J connectivity index is 2.15. The highest BCUT2D eigenvalue weighted by Gasteiger charge is 2.43. The number of amides is 2. The fourth-order valence-corrected chi connectivity index (χ4v) is 4.36. The molecule has 1 aliphatic rings. The minimum absolute atomic E-state index is 0.00353. The Morgan fingerprint density at radius 1 is 1.07 bits per heavy atom. The molecule has 1 aliphatic heterocycles. The molecule has 1 unspecified atom stereocenters. The van der Waals surface area contributed by atoms with Crippen LogP contribution in [-0.2, 0) is 9.84 Å². The van der Waals surface area contributed by atoms with Gasteiger partial charge >= 0.3 is 0 Å². The van der Waals surface area contributed by atoms with Crippen molar-refractivity contribution >= 4 is 33.0 Å². The number of ether oxygens (including phenoxy) is 2. The molecule has 0 spiro atoms. The lowest BCUT2D eigenvalue weighted by molar-refractivity contribution is 0.0598. The molecule has 0 bridgehead atoms. The molecule has 2 amide bonds. The quantitative estimate of drug-likeness (QED) is 0.496. The molecule has 0 saturated heterocycles. The predicted octanol–water partition coefficient (Wildman–Crippen LogP) is 1.64. The number of methoxy groups -OCH3 is 1. The van der Waals surface area contributed by atoms with Gasteiger partial charge in [-0.15, -0.1) is 0 Å². The highest BCUT2D eigenvalue weighted by atomic mass is 32.2. The van der Waals surface area contributed by atoms with Gasteiger partial charge < -0.3 is 20.9 Å². The van der Waals surface area contributed by atoms with Crippen LogP contribution in [0.3, 0.4) is 0 Å². The monoisotopic (exact) mass is 433 g/mol. The van der Waals surface area contributed by atoms with Crippen molar-refractivity contribution in [1.82, 2.24) is 4.90 Å². The Hall–Kier alpha value is -3.27. The topological polar surface area (TPSA) is 142 Å². The standard InChI is InChI=1S/C20H23N3O6S/c1-4-29-16-9-11(5-8-15(16)28-2)14(10-30(3,26)27)23-19(24)12-6-7-13(21)18(22)17(12)20(23)25/h5-9,14H,4,10,21-22H2,1-3H3. The van der Waals surface area contributed by atoms with Crippen LogP contribution in [0.1, 0.15) is 39.2 Å². The summed E-state index contributed by atoms with van der Waals surface area (Å²) in [5.41, 5.74) is 12.4. The molecule has 2 aromatic rings. The molecule has 0 aliphatic carbocycles. The van der Waals surface area contributed by atoms with Crippen molar-refractivity contribution in [3.63, 3.8) is 0 Å². The maximum atomic E-state index is 13.1. The maximum Gasteiger partial charge on any atom is 0.264 e. The van der Waals surface area contributed by atoms with Crippen LogP contribution in [0, 0.1) is 0 Å². The number of hydrogen-bond donors (Lipinski definition) is 2. The van der Waals surface area contributed by atoms with Crippen LogP contribution >= 0.6 is 0 Å². The van der Waals surface area contributed by atoms with Gasteiger partial charge in [0, 0.05) is 6.26 Å². The van der Waals surface area contributed by atoms with Gasteiger partial charge in [-0.1, -0.05) is 6.07 Å². The van der Waals surface area contributed by atoms with Crippen molar-refractivity contribution in [1.29, 1.82) is 0 Å². The van der Waals surface area contributed by atoms with Crippen LogP contribution in [-0.4, -0.2) is 50.9 Å². The number of carbonyl (C=O) groups excluding carboxylic acids is 2. The predicted molar refractivity (Wildman–Crippen MR) is 112 cm³/mol. The summed E-state index contributed by atoms with van der Waals surface area (Å²) in [6.07, 6.45) is 1.04. The Morgan fingerprint density at radius 2 is 1.77 bits per heavy atom. The zero-order valence-electron chi connectivity index (χ0n) is 16.8. The van der Waals surface area contributed by atoms with Gasteiger partial charge in [0.2, 0.25) is 0 Å². The molecule has 2 aromatic carbocycles. The third kappa shape index (κ3) is 3.78. The summed E-state index contributed by atoms with van der Waals surface area (Å²) < 4.78 is 35.1. The summed E-state index contributed by atoms with van der Waals surface area (Å²) in [5.74, 6) is -0.980. The number of anilines is 2. The lowest BCUT2D eigenvalue weighted by atomic mass is 10.1. The Kier molecular flexibility index (Phi) is 5.62. The van der Waals surface area contributed by atoms with Crippen LogP contribution in [0.5, 0.6) is 11.5 Å². The van der Waals surface area contributed by atoms with Crippen LogP contribution in [0.15, 0.2) is 30.3 Å². The zero-order chi connectivity index (χ0) is 22.2. The van der Waals surface area contributed by atoms with E-state index >= 15 is 0 Å².